The maximum absolute atomic E-state index is 6.32. The number of furan rings is 1. The maximum atomic E-state index is 6.32. The zero-order valence-electron chi connectivity index (χ0n) is 33.0. The molecule has 0 amide bonds. The highest BCUT2D eigenvalue weighted by Gasteiger charge is 2.36. The summed E-state index contributed by atoms with van der Waals surface area (Å²) in [6.07, 6.45) is 4.93. The van der Waals surface area contributed by atoms with Crippen molar-refractivity contribution in [2.75, 3.05) is 4.90 Å². The lowest BCUT2D eigenvalue weighted by Gasteiger charge is -2.32. The van der Waals surface area contributed by atoms with E-state index in [4.69, 9.17) is 4.42 Å². The first kappa shape index (κ1) is 34.4. The minimum Gasteiger partial charge on any atom is -0.456 e. The first-order valence-electron chi connectivity index (χ1n) is 20.5. The normalized spacial score (nSPS) is 16.9. The van der Waals surface area contributed by atoms with Gasteiger partial charge in [0.05, 0.1) is 0 Å². The summed E-state index contributed by atoms with van der Waals surface area (Å²) in [6.45, 7) is 7.08. The van der Waals surface area contributed by atoms with E-state index in [1.165, 1.54) is 66.2 Å². The lowest BCUT2D eigenvalue weighted by atomic mass is 9.74. The molecule has 0 spiro atoms. The number of nitrogens with zero attached hydrogens (tertiary/aromatic N) is 1. The molecule has 58 heavy (non-hydrogen) atoms. The molecule has 9 aromatic rings. The molecule has 2 atom stereocenters. The summed E-state index contributed by atoms with van der Waals surface area (Å²) >= 11 is 0. The third-order valence-corrected chi connectivity index (χ3v) is 12.9. The van der Waals surface area contributed by atoms with Gasteiger partial charge in [0.1, 0.15) is 11.2 Å². The molecule has 0 bridgehead atoms. The molecule has 0 saturated heterocycles. The second-order valence-electron chi connectivity index (χ2n) is 16.5. The molecule has 2 heteroatoms. The van der Waals surface area contributed by atoms with Crippen LogP contribution < -0.4 is 4.90 Å². The Morgan fingerprint density at radius 2 is 1.22 bits per heavy atom. The lowest BCUT2D eigenvalue weighted by molar-refractivity contribution is 0.655. The van der Waals surface area contributed by atoms with Crippen LogP contribution in [0.4, 0.5) is 17.1 Å². The fourth-order valence-corrected chi connectivity index (χ4v) is 9.89. The average molecular weight is 746 g/mol. The minimum atomic E-state index is -0.0452. The Kier molecular flexibility index (Phi) is 7.91. The van der Waals surface area contributed by atoms with Crippen molar-refractivity contribution < 1.29 is 4.42 Å². The fraction of sp³-hybridized carbons (Fsp3) is 0.107. The van der Waals surface area contributed by atoms with Crippen LogP contribution in [0.3, 0.4) is 0 Å². The molecule has 0 aliphatic heterocycles. The van der Waals surface area contributed by atoms with Gasteiger partial charge in [-0.2, -0.15) is 0 Å². The molecule has 1 heterocycles. The third-order valence-electron chi connectivity index (χ3n) is 12.9. The molecule has 2 aliphatic rings. The Bertz CT molecular complexity index is 3110. The van der Waals surface area contributed by atoms with Gasteiger partial charge in [-0.1, -0.05) is 160 Å². The Balaban J connectivity index is 1.06. The molecule has 278 valence electrons. The van der Waals surface area contributed by atoms with Crippen LogP contribution in [0.15, 0.2) is 199 Å². The Labute approximate surface area is 340 Å². The first-order chi connectivity index (χ1) is 28.4. The van der Waals surface area contributed by atoms with Crippen LogP contribution in [-0.4, -0.2) is 0 Å². The number of hydrogen-bond acceptors (Lipinski definition) is 2. The number of para-hydroxylation sites is 2. The van der Waals surface area contributed by atoms with Crippen molar-refractivity contribution in [3.8, 4) is 11.1 Å². The van der Waals surface area contributed by atoms with E-state index in [9.17, 15) is 0 Å². The van der Waals surface area contributed by atoms with Gasteiger partial charge in [-0.15, -0.1) is 0 Å². The second kappa shape index (κ2) is 13.4. The van der Waals surface area contributed by atoms with E-state index in [-0.39, 0.29) is 17.3 Å². The highest BCUT2D eigenvalue weighted by molar-refractivity contribution is 6.19. The third kappa shape index (κ3) is 5.47. The van der Waals surface area contributed by atoms with Crippen LogP contribution in [0.2, 0.25) is 0 Å². The summed E-state index contributed by atoms with van der Waals surface area (Å²) < 4.78 is 6.32. The number of benzene rings is 8. The second-order valence-corrected chi connectivity index (χ2v) is 16.5. The van der Waals surface area contributed by atoms with Gasteiger partial charge in [-0.3, -0.25) is 0 Å². The number of rotatable bonds is 6. The topological polar surface area (TPSA) is 16.4 Å². The molecule has 0 saturated carbocycles. The monoisotopic (exact) mass is 745 g/mol. The zero-order chi connectivity index (χ0) is 39.0. The number of allylic oxidation sites excluding steroid dienone is 4. The number of fused-ring (bicyclic) bond motifs is 8. The zero-order valence-corrected chi connectivity index (χ0v) is 33.0. The van der Waals surface area contributed by atoms with Crippen molar-refractivity contribution in [1.29, 1.82) is 0 Å². The summed E-state index contributed by atoms with van der Waals surface area (Å²) in [4.78, 5) is 2.42. The molecule has 2 nitrogen and oxygen atoms in total. The summed E-state index contributed by atoms with van der Waals surface area (Å²) in [7, 11) is 0. The molecule has 2 unspecified atom stereocenters. The van der Waals surface area contributed by atoms with Crippen LogP contribution in [0.1, 0.15) is 54.5 Å². The number of hydrogen-bond donors (Lipinski definition) is 0. The largest absolute Gasteiger partial charge is 0.456 e. The van der Waals surface area contributed by atoms with Gasteiger partial charge in [-0.05, 0) is 121 Å². The van der Waals surface area contributed by atoms with E-state index in [1.54, 1.807) is 0 Å². The van der Waals surface area contributed by atoms with Gasteiger partial charge < -0.3 is 9.32 Å². The van der Waals surface area contributed by atoms with Crippen LogP contribution in [0.5, 0.6) is 0 Å². The van der Waals surface area contributed by atoms with Crippen molar-refractivity contribution in [3.63, 3.8) is 0 Å². The van der Waals surface area contributed by atoms with Crippen LogP contribution >= 0.6 is 0 Å². The minimum absolute atomic E-state index is 0.0452. The number of anilines is 3. The van der Waals surface area contributed by atoms with E-state index in [0.29, 0.717) is 0 Å². The van der Waals surface area contributed by atoms with Gasteiger partial charge >= 0.3 is 0 Å². The molecular formula is C56H43NO. The summed E-state index contributed by atoms with van der Waals surface area (Å²) in [5, 5.41) is 4.76. The predicted molar refractivity (Wildman–Crippen MR) is 244 cm³/mol. The van der Waals surface area contributed by atoms with Crippen molar-refractivity contribution in [2.24, 2.45) is 5.92 Å². The van der Waals surface area contributed by atoms with Crippen LogP contribution in [0.25, 0.3) is 55.0 Å². The van der Waals surface area contributed by atoms with E-state index in [1.807, 2.05) is 6.07 Å². The smallest absolute Gasteiger partial charge is 0.136 e. The molecule has 11 rings (SSSR count). The highest BCUT2D eigenvalue weighted by atomic mass is 16.3. The molecule has 1 aromatic heterocycles. The molecule has 0 fully saturated rings. The van der Waals surface area contributed by atoms with Crippen molar-refractivity contribution in [2.45, 2.75) is 32.1 Å². The average Bonchev–Trinajstić information content (AvgIpc) is 3.76. The van der Waals surface area contributed by atoms with E-state index in [2.05, 4.69) is 214 Å². The van der Waals surface area contributed by atoms with Crippen molar-refractivity contribution >= 4 is 60.9 Å². The van der Waals surface area contributed by atoms with Gasteiger partial charge in [0, 0.05) is 39.2 Å². The van der Waals surface area contributed by atoms with Crippen molar-refractivity contribution in [3.05, 3.63) is 222 Å². The quantitative estimate of drug-likeness (QED) is 0.169. The van der Waals surface area contributed by atoms with E-state index in [0.717, 1.165) is 33.6 Å². The van der Waals surface area contributed by atoms with Crippen molar-refractivity contribution in [1.82, 2.24) is 0 Å². The Morgan fingerprint density at radius 3 is 2.09 bits per heavy atom. The van der Waals surface area contributed by atoms with Gasteiger partial charge in [0.2, 0.25) is 0 Å². The fourth-order valence-electron chi connectivity index (χ4n) is 9.89. The SMILES string of the molecule is CC1C(c2ccccc2)=CC(c2ccc3ccc4oc5ccccc5c4c3c2)=CC1c1cccc(N(c2ccccc2)c2ccc3c(c2)-c2ccccc2C3(C)C)c1. The molecular weight excluding hydrogens is 703 g/mol. The molecule has 8 aromatic carbocycles. The van der Waals surface area contributed by atoms with Crippen LogP contribution in [0, 0.1) is 5.92 Å². The predicted octanol–water partition coefficient (Wildman–Crippen LogP) is 15.4. The van der Waals surface area contributed by atoms with Gasteiger partial charge in [0.15, 0.2) is 0 Å². The Hall–Kier alpha value is -6.90. The summed E-state index contributed by atoms with van der Waals surface area (Å²) in [6, 6.07) is 66.5. The first-order valence-corrected chi connectivity index (χ1v) is 20.5. The molecule has 2 aliphatic carbocycles. The summed E-state index contributed by atoms with van der Waals surface area (Å²) in [5.41, 5.74) is 17.0. The van der Waals surface area contributed by atoms with Gasteiger partial charge in [0.25, 0.3) is 0 Å². The lowest BCUT2D eigenvalue weighted by Crippen LogP contribution is -2.16. The maximum Gasteiger partial charge on any atom is 0.136 e. The Morgan fingerprint density at radius 1 is 0.517 bits per heavy atom. The standard InChI is InChI=1S/C56H43NO/c1-36-47(37-15-6-4-7-16-37)33-41(39-26-25-38-27-30-54-55(49(38)32-39)46-22-11-13-24-53(46)58-54)34-48(36)40-17-14-20-43(31-40)57(42-18-8-5-9-19-42)44-28-29-52-50(35-44)45-21-10-12-23-51(45)56(52,2)3/h4-36,48H,1-3H3. The molecule has 0 N–H and O–H groups in total. The van der Waals surface area contributed by atoms with Gasteiger partial charge in [-0.25, -0.2) is 0 Å². The van der Waals surface area contributed by atoms with E-state index >= 15 is 0 Å². The highest BCUT2D eigenvalue weighted by Crippen LogP contribution is 2.51. The summed E-state index contributed by atoms with van der Waals surface area (Å²) in [5.74, 6) is 0.386. The van der Waals surface area contributed by atoms with Crippen LogP contribution in [-0.2, 0) is 5.41 Å². The molecule has 0 radical (unpaired) electrons. The van der Waals surface area contributed by atoms with E-state index < -0.39 is 0 Å².